The molecule has 0 atom stereocenters. The van der Waals surface area contributed by atoms with Crippen molar-refractivity contribution in [2.24, 2.45) is 5.84 Å². The van der Waals surface area contributed by atoms with Crippen LogP contribution in [-0.2, 0) is 12.8 Å². The number of aromatic nitrogens is 3. The summed E-state index contributed by atoms with van der Waals surface area (Å²) < 4.78 is 0. The molecular formula is C13H16N6S2. The number of nitrogen functional groups attached to an aromatic ring is 1. The molecule has 0 saturated heterocycles. The molecule has 0 spiro atoms. The molecule has 0 amide bonds. The van der Waals surface area contributed by atoms with Crippen molar-refractivity contribution in [3.63, 3.8) is 0 Å². The maximum absolute atomic E-state index is 5.45. The molecule has 3 heterocycles. The molecule has 0 aliphatic heterocycles. The number of aryl methyl sites for hydroxylation is 1. The van der Waals surface area contributed by atoms with Gasteiger partial charge in [0.05, 0.1) is 16.6 Å². The molecule has 3 aromatic heterocycles. The number of thiazole rings is 1. The van der Waals surface area contributed by atoms with Crippen molar-refractivity contribution in [1.82, 2.24) is 15.0 Å². The number of hydrazine groups is 1. The molecule has 8 heteroatoms. The summed E-state index contributed by atoms with van der Waals surface area (Å²) in [5, 5.41) is 6.47. The van der Waals surface area contributed by atoms with Crippen molar-refractivity contribution < 1.29 is 0 Å². The van der Waals surface area contributed by atoms with E-state index in [9.17, 15) is 0 Å². The number of nitrogens with two attached hydrogens (primary N) is 1. The third-order valence-electron chi connectivity index (χ3n) is 3.08. The normalized spacial score (nSPS) is 11.0. The number of fused-ring (bicyclic) bond motifs is 1. The monoisotopic (exact) mass is 320 g/mol. The van der Waals surface area contributed by atoms with Crippen molar-refractivity contribution in [3.8, 4) is 0 Å². The molecule has 21 heavy (non-hydrogen) atoms. The summed E-state index contributed by atoms with van der Waals surface area (Å²) in [4.78, 5) is 15.3. The summed E-state index contributed by atoms with van der Waals surface area (Å²) in [6, 6.07) is 2.14. The zero-order chi connectivity index (χ0) is 14.7. The average Bonchev–Trinajstić information content (AvgIpc) is 3.15. The summed E-state index contributed by atoms with van der Waals surface area (Å²) in [5.41, 5.74) is 5.46. The highest BCUT2D eigenvalue weighted by Crippen LogP contribution is 2.30. The molecule has 6 nitrogen and oxygen atoms in total. The van der Waals surface area contributed by atoms with E-state index in [2.05, 4.69) is 44.1 Å². The van der Waals surface area contributed by atoms with Crippen LogP contribution in [0.15, 0.2) is 17.0 Å². The highest BCUT2D eigenvalue weighted by atomic mass is 32.1. The minimum Gasteiger partial charge on any atom is -0.369 e. The second kappa shape index (κ2) is 6.33. The quantitative estimate of drug-likeness (QED) is 0.478. The third-order valence-corrected chi connectivity index (χ3v) is 4.89. The van der Waals surface area contributed by atoms with Gasteiger partial charge in [0.2, 0.25) is 5.95 Å². The Hall–Kier alpha value is -1.77. The fraction of sp³-hybridized carbons (Fsp3) is 0.308. The average molecular weight is 320 g/mol. The molecule has 110 valence electrons. The van der Waals surface area contributed by atoms with Crippen molar-refractivity contribution in [2.75, 3.05) is 17.3 Å². The van der Waals surface area contributed by atoms with E-state index in [0.29, 0.717) is 5.95 Å². The van der Waals surface area contributed by atoms with Crippen LogP contribution in [0.5, 0.6) is 0 Å². The Kier molecular flexibility index (Phi) is 4.28. The smallest absolute Gasteiger partial charge is 0.240 e. The maximum Gasteiger partial charge on any atom is 0.240 e. The molecule has 0 unspecified atom stereocenters. The van der Waals surface area contributed by atoms with Gasteiger partial charge >= 0.3 is 0 Å². The van der Waals surface area contributed by atoms with Crippen LogP contribution >= 0.6 is 22.7 Å². The molecule has 0 radical (unpaired) electrons. The highest BCUT2D eigenvalue weighted by molar-refractivity contribution is 7.18. The van der Waals surface area contributed by atoms with Crippen LogP contribution in [0.4, 0.5) is 11.8 Å². The number of nitrogens with one attached hydrogen (secondary N) is 2. The summed E-state index contributed by atoms with van der Waals surface area (Å²) in [5.74, 6) is 6.70. The van der Waals surface area contributed by atoms with Gasteiger partial charge in [0.1, 0.15) is 10.6 Å². The van der Waals surface area contributed by atoms with Gasteiger partial charge in [0.25, 0.3) is 0 Å². The molecule has 0 fully saturated rings. The van der Waals surface area contributed by atoms with E-state index in [1.165, 1.54) is 4.88 Å². The number of hydrogen-bond acceptors (Lipinski definition) is 8. The Morgan fingerprint density at radius 1 is 1.33 bits per heavy atom. The minimum atomic E-state index is 0.433. The van der Waals surface area contributed by atoms with Crippen molar-refractivity contribution in [2.45, 2.75) is 19.8 Å². The van der Waals surface area contributed by atoms with Crippen LogP contribution in [0.1, 0.15) is 17.5 Å². The Morgan fingerprint density at radius 3 is 2.95 bits per heavy atom. The predicted molar refractivity (Wildman–Crippen MR) is 88.9 cm³/mol. The Balaban J connectivity index is 1.83. The number of anilines is 2. The first-order valence-electron chi connectivity index (χ1n) is 6.68. The lowest BCUT2D eigenvalue weighted by Crippen LogP contribution is -2.13. The molecule has 3 rings (SSSR count). The second-order valence-corrected chi connectivity index (χ2v) is 6.32. The molecule has 4 N–H and O–H groups in total. The zero-order valence-corrected chi connectivity index (χ0v) is 13.2. The summed E-state index contributed by atoms with van der Waals surface area (Å²) in [7, 11) is 0. The van der Waals surface area contributed by atoms with Crippen molar-refractivity contribution >= 4 is 44.7 Å². The lowest BCUT2D eigenvalue weighted by atomic mass is 10.3. The Bertz CT molecular complexity index is 722. The first kappa shape index (κ1) is 14.2. The van der Waals surface area contributed by atoms with Gasteiger partial charge in [0.15, 0.2) is 0 Å². The molecule has 0 aliphatic carbocycles. The summed E-state index contributed by atoms with van der Waals surface area (Å²) >= 11 is 3.29. The van der Waals surface area contributed by atoms with Crippen LogP contribution in [0.2, 0.25) is 0 Å². The molecule has 0 saturated carbocycles. The maximum atomic E-state index is 5.45. The second-order valence-electron chi connectivity index (χ2n) is 4.48. The lowest BCUT2D eigenvalue weighted by Gasteiger charge is -2.07. The SMILES string of the molecule is CCc1cc2c(NCCc3cscn3)nc(NN)nc2s1. The molecule has 0 bridgehead atoms. The van der Waals surface area contributed by atoms with Crippen molar-refractivity contribution in [3.05, 3.63) is 27.5 Å². The first-order valence-corrected chi connectivity index (χ1v) is 8.44. The third kappa shape index (κ3) is 3.12. The van der Waals surface area contributed by atoms with Gasteiger partial charge in [-0.15, -0.1) is 22.7 Å². The number of hydrogen-bond donors (Lipinski definition) is 3. The highest BCUT2D eigenvalue weighted by Gasteiger charge is 2.10. The van der Waals surface area contributed by atoms with Crippen LogP contribution in [0.3, 0.4) is 0 Å². The van der Waals surface area contributed by atoms with E-state index in [4.69, 9.17) is 5.84 Å². The van der Waals surface area contributed by atoms with E-state index in [1.807, 2.05) is 5.51 Å². The zero-order valence-electron chi connectivity index (χ0n) is 11.6. The van der Waals surface area contributed by atoms with Crippen LogP contribution in [0.25, 0.3) is 10.2 Å². The van der Waals surface area contributed by atoms with E-state index in [1.54, 1.807) is 22.7 Å². The molecule has 0 aromatic carbocycles. The first-order chi connectivity index (χ1) is 10.3. The fourth-order valence-electron chi connectivity index (χ4n) is 2.01. The summed E-state index contributed by atoms with van der Waals surface area (Å²) in [6.45, 7) is 2.91. The Morgan fingerprint density at radius 2 is 2.24 bits per heavy atom. The lowest BCUT2D eigenvalue weighted by molar-refractivity contribution is 0.968. The van der Waals surface area contributed by atoms with Gasteiger partial charge in [0, 0.05) is 23.2 Å². The molecule has 3 aromatic rings. The predicted octanol–water partition coefficient (Wildman–Crippen LogP) is 2.65. The topological polar surface area (TPSA) is 88.8 Å². The summed E-state index contributed by atoms with van der Waals surface area (Å²) in [6.07, 6.45) is 1.86. The fourth-order valence-corrected chi connectivity index (χ4v) is 3.57. The van der Waals surface area contributed by atoms with Gasteiger partial charge in [-0.1, -0.05) is 6.92 Å². The largest absolute Gasteiger partial charge is 0.369 e. The standard InChI is InChI=1S/C13H16N6S2/c1-2-9-5-10-11(15-4-3-8-6-20-7-16-8)17-13(19-14)18-12(10)21-9/h5-7H,2-4,14H2,1H3,(H2,15,17,18,19). The van der Waals surface area contributed by atoms with Gasteiger partial charge in [-0.3, -0.25) is 5.43 Å². The van der Waals surface area contributed by atoms with E-state index in [0.717, 1.165) is 41.1 Å². The van der Waals surface area contributed by atoms with Gasteiger partial charge in [-0.2, -0.15) is 4.98 Å². The van der Waals surface area contributed by atoms with Crippen molar-refractivity contribution in [1.29, 1.82) is 0 Å². The van der Waals surface area contributed by atoms with Crippen LogP contribution in [0, 0.1) is 0 Å². The molecule has 0 aliphatic rings. The van der Waals surface area contributed by atoms with Crippen LogP contribution in [-0.4, -0.2) is 21.5 Å². The minimum absolute atomic E-state index is 0.433. The van der Waals surface area contributed by atoms with Gasteiger partial charge < -0.3 is 5.32 Å². The Labute approximate surface area is 130 Å². The van der Waals surface area contributed by atoms with E-state index in [-0.39, 0.29) is 0 Å². The van der Waals surface area contributed by atoms with Gasteiger partial charge in [-0.25, -0.2) is 15.8 Å². The number of nitrogens with zero attached hydrogens (tertiary/aromatic N) is 3. The number of rotatable bonds is 6. The molecular weight excluding hydrogens is 304 g/mol. The van der Waals surface area contributed by atoms with E-state index < -0.39 is 0 Å². The van der Waals surface area contributed by atoms with Crippen LogP contribution < -0.4 is 16.6 Å². The van der Waals surface area contributed by atoms with E-state index >= 15 is 0 Å². The number of thiophene rings is 1. The van der Waals surface area contributed by atoms with Gasteiger partial charge in [-0.05, 0) is 12.5 Å².